The van der Waals surface area contributed by atoms with Crippen LogP contribution in [-0.2, 0) is 9.53 Å². The van der Waals surface area contributed by atoms with E-state index in [9.17, 15) is 9.59 Å². The van der Waals surface area contributed by atoms with Crippen molar-refractivity contribution in [1.29, 1.82) is 0 Å². The third-order valence-electron chi connectivity index (χ3n) is 1.74. The zero-order valence-corrected chi connectivity index (χ0v) is 7.52. The van der Waals surface area contributed by atoms with Gasteiger partial charge in [0.25, 0.3) is 5.91 Å². The van der Waals surface area contributed by atoms with Crippen molar-refractivity contribution in [3.05, 3.63) is 12.7 Å². The summed E-state index contributed by atoms with van der Waals surface area (Å²) in [6.45, 7) is 4.03. The van der Waals surface area contributed by atoms with E-state index in [1.54, 1.807) is 6.08 Å². The molecule has 0 saturated carbocycles. The molecule has 13 heavy (non-hydrogen) atoms. The van der Waals surface area contributed by atoms with Crippen molar-refractivity contribution in [2.45, 2.75) is 0 Å². The Morgan fingerprint density at radius 1 is 1.62 bits per heavy atom. The third-order valence-corrected chi connectivity index (χ3v) is 1.74. The highest BCUT2D eigenvalue weighted by Crippen LogP contribution is 2.09. The van der Waals surface area contributed by atoms with Gasteiger partial charge in [-0.05, 0) is 0 Å². The lowest BCUT2D eigenvalue weighted by Crippen LogP contribution is -2.34. The van der Waals surface area contributed by atoms with Gasteiger partial charge in [-0.25, -0.2) is 9.69 Å². The molecular formula is C8H12N2O3. The van der Waals surface area contributed by atoms with E-state index in [4.69, 9.17) is 4.74 Å². The van der Waals surface area contributed by atoms with Gasteiger partial charge in [0.2, 0.25) is 0 Å². The number of rotatable bonds is 4. The van der Waals surface area contributed by atoms with Crippen LogP contribution >= 0.6 is 0 Å². The average Bonchev–Trinajstić information content (AvgIpc) is 2.34. The summed E-state index contributed by atoms with van der Waals surface area (Å²) in [7, 11) is 1.44. The first-order chi connectivity index (χ1) is 6.20. The number of methoxy groups -OCH3 is 1. The Morgan fingerprint density at radius 2 is 2.31 bits per heavy atom. The molecular weight excluding hydrogens is 172 g/mol. The van der Waals surface area contributed by atoms with Crippen LogP contribution in [0.15, 0.2) is 12.7 Å². The minimum atomic E-state index is -0.313. The number of hydrogen-bond donors (Lipinski definition) is 0. The molecule has 1 fully saturated rings. The first kappa shape index (κ1) is 9.73. The topological polar surface area (TPSA) is 49.9 Å². The molecule has 0 aromatic carbocycles. The van der Waals surface area contributed by atoms with Crippen molar-refractivity contribution in [1.82, 2.24) is 9.80 Å². The van der Waals surface area contributed by atoms with Crippen LogP contribution in [0, 0.1) is 0 Å². The molecule has 0 N–H and O–H groups in total. The highest BCUT2D eigenvalue weighted by atomic mass is 16.5. The summed E-state index contributed by atoms with van der Waals surface area (Å²) in [4.78, 5) is 25.1. The van der Waals surface area contributed by atoms with Gasteiger partial charge < -0.3 is 9.64 Å². The lowest BCUT2D eigenvalue weighted by molar-refractivity contribution is -0.128. The fourth-order valence-corrected chi connectivity index (χ4v) is 1.15. The molecule has 1 rings (SSSR count). The molecule has 1 saturated heterocycles. The fraction of sp³-hybridized carbons (Fsp3) is 0.500. The SMILES string of the molecule is C=CCN1CC(=O)N(COC)C1=O. The van der Waals surface area contributed by atoms with Gasteiger partial charge in [0.15, 0.2) is 0 Å². The largest absolute Gasteiger partial charge is 0.364 e. The second-order valence-corrected chi connectivity index (χ2v) is 2.69. The quantitative estimate of drug-likeness (QED) is 0.458. The lowest BCUT2D eigenvalue weighted by Gasteiger charge is -2.14. The number of hydrogen-bond acceptors (Lipinski definition) is 3. The Balaban J connectivity index is 2.63. The molecule has 5 heteroatoms. The molecule has 0 aromatic heterocycles. The van der Waals surface area contributed by atoms with E-state index < -0.39 is 0 Å². The number of nitrogens with zero attached hydrogens (tertiary/aromatic N) is 2. The normalized spacial score (nSPS) is 17.0. The van der Waals surface area contributed by atoms with Gasteiger partial charge in [-0.3, -0.25) is 4.79 Å². The molecule has 72 valence electrons. The van der Waals surface area contributed by atoms with Gasteiger partial charge in [0.1, 0.15) is 13.3 Å². The number of urea groups is 1. The summed E-state index contributed by atoms with van der Waals surface area (Å²) in [6.07, 6.45) is 1.58. The zero-order valence-electron chi connectivity index (χ0n) is 7.52. The second kappa shape index (κ2) is 4.04. The first-order valence-electron chi connectivity index (χ1n) is 3.89. The molecule has 0 spiro atoms. The fourth-order valence-electron chi connectivity index (χ4n) is 1.15. The molecule has 0 atom stereocenters. The van der Waals surface area contributed by atoms with Gasteiger partial charge in [-0.2, -0.15) is 0 Å². The molecule has 3 amide bonds. The first-order valence-corrected chi connectivity index (χ1v) is 3.89. The van der Waals surface area contributed by atoms with E-state index >= 15 is 0 Å². The van der Waals surface area contributed by atoms with Gasteiger partial charge in [-0.1, -0.05) is 6.08 Å². The van der Waals surface area contributed by atoms with E-state index in [1.165, 1.54) is 12.0 Å². The average molecular weight is 184 g/mol. The molecule has 0 aliphatic carbocycles. The maximum atomic E-state index is 11.4. The predicted molar refractivity (Wildman–Crippen MR) is 45.9 cm³/mol. The number of carbonyl (C=O) groups excluding carboxylic acids is 2. The predicted octanol–water partition coefficient (Wildman–Crippen LogP) is 0.0405. The highest BCUT2D eigenvalue weighted by molar-refractivity contribution is 6.01. The smallest absolute Gasteiger partial charge is 0.329 e. The summed E-state index contributed by atoms with van der Waals surface area (Å²) in [5.41, 5.74) is 0. The number of imide groups is 1. The molecule has 0 unspecified atom stereocenters. The minimum absolute atomic E-state index is 0.0192. The van der Waals surface area contributed by atoms with Crippen LogP contribution in [-0.4, -0.2) is 48.7 Å². The summed E-state index contributed by atoms with van der Waals surface area (Å²) in [5.74, 6) is -0.228. The Bertz CT molecular complexity index is 240. The van der Waals surface area contributed by atoms with E-state index in [1.807, 2.05) is 0 Å². The number of ether oxygens (including phenoxy) is 1. The van der Waals surface area contributed by atoms with Crippen LogP contribution in [0.4, 0.5) is 4.79 Å². The summed E-state index contributed by atoms with van der Waals surface area (Å²) < 4.78 is 4.72. The van der Waals surface area contributed by atoms with Gasteiger partial charge in [0.05, 0.1) is 0 Å². The van der Waals surface area contributed by atoms with E-state index in [0.29, 0.717) is 6.54 Å². The lowest BCUT2D eigenvalue weighted by atomic mass is 10.5. The minimum Gasteiger partial charge on any atom is -0.364 e. The molecule has 0 radical (unpaired) electrons. The summed E-state index contributed by atoms with van der Waals surface area (Å²) >= 11 is 0. The van der Waals surface area contributed by atoms with Gasteiger partial charge in [-0.15, -0.1) is 6.58 Å². The van der Waals surface area contributed by atoms with Gasteiger partial charge in [0, 0.05) is 13.7 Å². The van der Waals surface area contributed by atoms with Crippen LogP contribution in [0.25, 0.3) is 0 Å². The second-order valence-electron chi connectivity index (χ2n) is 2.69. The van der Waals surface area contributed by atoms with E-state index in [0.717, 1.165) is 4.90 Å². The summed E-state index contributed by atoms with van der Waals surface area (Å²) in [6, 6.07) is -0.313. The standard InChI is InChI=1S/C8H12N2O3/c1-3-4-9-5-7(11)10(6-13-2)8(9)12/h3H,1,4-6H2,2H3. The van der Waals surface area contributed by atoms with E-state index in [-0.39, 0.29) is 25.2 Å². The van der Waals surface area contributed by atoms with Crippen molar-refractivity contribution in [3.63, 3.8) is 0 Å². The van der Waals surface area contributed by atoms with Crippen LogP contribution in [0.3, 0.4) is 0 Å². The van der Waals surface area contributed by atoms with E-state index in [2.05, 4.69) is 6.58 Å². The molecule has 0 bridgehead atoms. The van der Waals surface area contributed by atoms with Crippen LogP contribution in [0.5, 0.6) is 0 Å². The zero-order chi connectivity index (χ0) is 9.84. The Kier molecular flexibility index (Phi) is 3.02. The highest BCUT2D eigenvalue weighted by Gasteiger charge is 2.34. The van der Waals surface area contributed by atoms with Crippen molar-refractivity contribution in [2.24, 2.45) is 0 Å². The Labute approximate surface area is 76.6 Å². The maximum Gasteiger partial charge on any atom is 0.329 e. The number of amides is 3. The van der Waals surface area contributed by atoms with Crippen molar-refractivity contribution in [3.8, 4) is 0 Å². The monoisotopic (exact) mass is 184 g/mol. The van der Waals surface area contributed by atoms with Gasteiger partial charge >= 0.3 is 6.03 Å². The number of carbonyl (C=O) groups is 2. The maximum absolute atomic E-state index is 11.4. The van der Waals surface area contributed by atoms with Crippen molar-refractivity contribution < 1.29 is 14.3 Å². The molecule has 1 heterocycles. The molecule has 1 aliphatic rings. The van der Waals surface area contributed by atoms with Crippen molar-refractivity contribution in [2.75, 3.05) is 26.9 Å². The Hall–Kier alpha value is -1.36. The molecule has 0 aromatic rings. The summed E-state index contributed by atoms with van der Waals surface area (Å²) in [5, 5.41) is 0. The third kappa shape index (κ3) is 1.86. The van der Waals surface area contributed by atoms with Crippen LogP contribution < -0.4 is 0 Å². The van der Waals surface area contributed by atoms with Crippen LogP contribution in [0.1, 0.15) is 0 Å². The molecule has 5 nitrogen and oxygen atoms in total. The van der Waals surface area contributed by atoms with Crippen molar-refractivity contribution >= 4 is 11.9 Å². The van der Waals surface area contributed by atoms with Crippen LogP contribution in [0.2, 0.25) is 0 Å². The Morgan fingerprint density at radius 3 is 2.85 bits per heavy atom. The molecule has 1 aliphatic heterocycles.